The van der Waals surface area contributed by atoms with E-state index in [2.05, 4.69) is 15.9 Å². The fourth-order valence-corrected chi connectivity index (χ4v) is 1.86. The molecule has 3 nitrogen and oxygen atoms in total. The van der Waals surface area contributed by atoms with E-state index >= 15 is 0 Å². The number of halogens is 1. The summed E-state index contributed by atoms with van der Waals surface area (Å²) in [6.07, 6.45) is 1.54. The zero-order valence-electron chi connectivity index (χ0n) is 8.58. The van der Waals surface area contributed by atoms with Crippen LogP contribution in [0.15, 0.2) is 21.2 Å². The lowest BCUT2D eigenvalue weighted by Crippen LogP contribution is -2.36. The van der Waals surface area contributed by atoms with Crippen LogP contribution in [0.4, 0.5) is 0 Å². The molecule has 0 amide bonds. The van der Waals surface area contributed by atoms with E-state index in [-0.39, 0.29) is 12.5 Å². The van der Waals surface area contributed by atoms with E-state index < -0.39 is 5.60 Å². The number of methoxy groups -OCH3 is 1. The summed E-state index contributed by atoms with van der Waals surface area (Å²) in [5.41, 5.74) is -1.07. The van der Waals surface area contributed by atoms with Gasteiger partial charge in [0.15, 0.2) is 5.76 Å². The summed E-state index contributed by atoms with van der Waals surface area (Å²) in [6.45, 7) is 4.07. The van der Waals surface area contributed by atoms with Crippen molar-refractivity contribution < 1.29 is 14.3 Å². The number of ether oxygens (including phenoxy) is 1. The quantitative estimate of drug-likeness (QED) is 0.907. The number of hydrogen-bond donors (Lipinski definition) is 1. The third-order valence-electron chi connectivity index (χ3n) is 2.33. The van der Waals surface area contributed by atoms with Crippen LogP contribution >= 0.6 is 15.9 Å². The van der Waals surface area contributed by atoms with Crippen LogP contribution in [0.5, 0.6) is 0 Å². The van der Waals surface area contributed by atoms with Gasteiger partial charge in [0.25, 0.3) is 0 Å². The lowest BCUT2D eigenvalue weighted by Gasteiger charge is -2.29. The van der Waals surface area contributed by atoms with Crippen molar-refractivity contribution in [2.45, 2.75) is 19.4 Å². The Morgan fingerprint density at radius 3 is 2.64 bits per heavy atom. The average molecular weight is 263 g/mol. The molecule has 4 heteroatoms. The topological polar surface area (TPSA) is 42.6 Å². The molecule has 14 heavy (non-hydrogen) atoms. The molecule has 0 aromatic carbocycles. The van der Waals surface area contributed by atoms with Crippen LogP contribution in [0, 0.1) is 5.92 Å². The molecule has 1 aromatic rings. The maximum atomic E-state index is 10.4. The molecule has 0 aliphatic heterocycles. The lowest BCUT2D eigenvalue weighted by atomic mass is 9.89. The smallest absolute Gasteiger partial charge is 0.152 e. The highest BCUT2D eigenvalue weighted by Gasteiger charge is 2.37. The van der Waals surface area contributed by atoms with E-state index in [1.807, 2.05) is 13.8 Å². The van der Waals surface area contributed by atoms with Crippen LogP contribution in [0.2, 0.25) is 0 Å². The van der Waals surface area contributed by atoms with Gasteiger partial charge in [-0.25, -0.2) is 0 Å². The van der Waals surface area contributed by atoms with E-state index in [1.165, 1.54) is 0 Å². The fourth-order valence-electron chi connectivity index (χ4n) is 1.32. The van der Waals surface area contributed by atoms with Crippen molar-refractivity contribution in [2.24, 2.45) is 5.92 Å². The minimum absolute atomic E-state index is 0.0184. The van der Waals surface area contributed by atoms with Crippen LogP contribution in [0.3, 0.4) is 0 Å². The molecule has 1 unspecified atom stereocenters. The first-order valence-corrected chi connectivity index (χ1v) is 5.26. The maximum absolute atomic E-state index is 10.4. The average Bonchev–Trinajstić information content (AvgIpc) is 2.51. The van der Waals surface area contributed by atoms with Gasteiger partial charge >= 0.3 is 0 Å². The zero-order chi connectivity index (χ0) is 10.8. The molecule has 0 bridgehead atoms. The van der Waals surface area contributed by atoms with E-state index in [1.54, 1.807) is 19.4 Å². The first-order chi connectivity index (χ1) is 6.52. The van der Waals surface area contributed by atoms with Gasteiger partial charge in [0.2, 0.25) is 0 Å². The molecule has 1 rings (SSSR count). The van der Waals surface area contributed by atoms with E-state index in [4.69, 9.17) is 9.15 Å². The summed E-state index contributed by atoms with van der Waals surface area (Å²) in [7, 11) is 1.56. The van der Waals surface area contributed by atoms with Crippen molar-refractivity contribution in [3.8, 4) is 0 Å². The molecule has 0 saturated carbocycles. The zero-order valence-corrected chi connectivity index (χ0v) is 10.2. The molecule has 1 aromatic heterocycles. The lowest BCUT2D eigenvalue weighted by molar-refractivity contribution is -0.0847. The standard InChI is InChI=1S/C10H15BrO3/c1-7(2)10(12,6-13-3)9-8(11)4-5-14-9/h4-5,7,12H,6H2,1-3H3. The molecular weight excluding hydrogens is 248 g/mol. The molecular formula is C10H15BrO3. The highest BCUT2D eigenvalue weighted by molar-refractivity contribution is 9.10. The van der Waals surface area contributed by atoms with Crippen molar-refractivity contribution >= 4 is 15.9 Å². The third kappa shape index (κ3) is 2.02. The molecule has 1 heterocycles. The maximum Gasteiger partial charge on any atom is 0.152 e. The van der Waals surface area contributed by atoms with Crippen LogP contribution in [-0.2, 0) is 10.3 Å². The molecule has 0 aliphatic rings. The van der Waals surface area contributed by atoms with E-state index in [9.17, 15) is 5.11 Å². The van der Waals surface area contributed by atoms with Crippen LogP contribution < -0.4 is 0 Å². The summed E-state index contributed by atoms with van der Waals surface area (Å²) in [4.78, 5) is 0. The van der Waals surface area contributed by atoms with Gasteiger partial charge in [0, 0.05) is 7.11 Å². The van der Waals surface area contributed by atoms with Crippen molar-refractivity contribution in [1.82, 2.24) is 0 Å². The Morgan fingerprint density at radius 1 is 1.64 bits per heavy atom. The molecule has 0 saturated heterocycles. The number of hydrogen-bond acceptors (Lipinski definition) is 3. The van der Waals surface area contributed by atoms with Crippen LogP contribution in [-0.4, -0.2) is 18.8 Å². The largest absolute Gasteiger partial charge is 0.465 e. The van der Waals surface area contributed by atoms with Gasteiger partial charge in [-0.2, -0.15) is 0 Å². The molecule has 1 N–H and O–H groups in total. The fraction of sp³-hybridized carbons (Fsp3) is 0.600. The van der Waals surface area contributed by atoms with Gasteiger partial charge in [-0.05, 0) is 27.9 Å². The minimum atomic E-state index is -1.07. The Balaban J connectivity index is 3.05. The molecule has 1 atom stereocenters. The summed E-state index contributed by atoms with van der Waals surface area (Å²) in [5, 5.41) is 10.4. The minimum Gasteiger partial charge on any atom is -0.465 e. The Kier molecular flexibility index (Phi) is 3.75. The van der Waals surface area contributed by atoms with Gasteiger partial charge < -0.3 is 14.3 Å². The van der Waals surface area contributed by atoms with Gasteiger partial charge in [-0.1, -0.05) is 13.8 Å². The SMILES string of the molecule is COCC(O)(c1occc1Br)C(C)C. The number of furan rings is 1. The van der Waals surface area contributed by atoms with E-state index in [0.717, 1.165) is 4.47 Å². The molecule has 0 aliphatic carbocycles. The van der Waals surface area contributed by atoms with Crippen molar-refractivity contribution in [1.29, 1.82) is 0 Å². The first kappa shape index (κ1) is 11.8. The van der Waals surface area contributed by atoms with Crippen LogP contribution in [0.1, 0.15) is 19.6 Å². The monoisotopic (exact) mass is 262 g/mol. The second-order valence-electron chi connectivity index (χ2n) is 3.61. The van der Waals surface area contributed by atoms with Crippen molar-refractivity contribution in [2.75, 3.05) is 13.7 Å². The van der Waals surface area contributed by atoms with E-state index in [0.29, 0.717) is 5.76 Å². The number of aliphatic hydroxyl groups is 1. The Hall–Kier alpha value is -0.320. The number of rotatable bonds is 4. The van der Waals surface area contributed by atoms with Crippen molar-refractivity contribution in [3.63, 3.8) is 0 Å². The second kappa shape index (κ2) is 4.47. The first-order valence-electron chi connectivity index (χ1n) is 4.47. The molecule has 0 spiro atoms. The van der Waals surface area contributed by atoms with Crippen molar-refractivity contribution in [3.05, 3.63) is 22.6 Å². The Labute approximate surface area is 92.2 Å². The second-order valence-corrected chi connectivity index (χ2v) is 4.46. The Morgan fingerprint density at radius 2 is 2.29 bits per heavy atom. The predicted molar refractivity (Wildman–Crippen MR) is 57.0 cm³/mol. The van der Waals surface area contributed by atoms with Gasteiger partial charge in [0.1, 0.15) is 5.60 Å². The van der Waals surface area contributed by atoms with Gasteiger partial charge in [-0.15, -0.1) is 0 Å². The molecule has 0 radical (unpaired) electrons. The summed E-state index contributed by atoms with van der Waals surface area (Å²) < 4.78 is 11.1. The summed E-state index contributed by atoms with van der Waals surface area (Å²) >= 11 is 3.33. The van der Waals surface area contributed by atoms with Gasteiger partial charge in [-0.3, -0.25) is 0 Å². The molecule has 80 valence electrons. The van der Waals surface area contributed by atoms with Crippen LogP contribution in [0.25, 0.3) is 0 Å². The summed E-state index contributed by atoms with van der Waals surface area (Å²) in [6, 6.07) is 1.76. The predicted octanol–water partition coefficient (Wildman–Crippen LogP) is 2.53. The third-order valence-corrected chi connectivity index (χ3v) is 2.95. The molecule has 0 fully saturated rings. The summed E-state index contributed by atoms with van der Waals surface area (Å²) in [5.74, 6) is 0.541. The Bertz CT molecular complexity index is 295. The normalized spacial score (nSPS) is 15.9. The highest BCUT2D eigenvalue weighted by Crippen LogP contribution is 2.35. The highest BCUT2D eigenvalue weighted by atomic mass is 79.9. The van der Waals surface area contributed by atoms with Gasteiger partial charge in [0.05, 0.1) is 17.3 Å².